The first-order valence-electron chi connectivity index (χ1n) is 7.70. The molecule has 1 aromatic rings. The van der Waals surface area contributed by atoms with Crippen molar-refractivity contribution in [3.63, 3.8) is 0 Å². The summed E-state index contributed by atoms with van der Waals surface area (Å²) in [7, 11) is 0. The van der Waals surface area contributed by atoms with E-state index in [1.165, 1.54) is 31.7 Å². The van der Waals surface area contributed by atoms with Crippen LogP contribution in [0.15, 0.2) is 24.3 Å². The van der Waals surface area contributed by atoms with Crippen LogP contribution in [0.2, 0.25) is 0 Å². The highest BCUT2D eigenvalue weighted by Crippen LogP contribution is 2.27. The molecule has 0 aliphatic heterocycles. The molecule has 2 atom stereocenters. The van der Waals surface area contributed by atoms with Crippen LogP contribution in [-0.2, 0) is 0 Å². The van der Waals surface area contributed by atoms with Crippen LogP contribution >= 0.6 is 0 Å². The van der Waals surface area contributed by atoms with Gasteiger partial charge in [-0.25, -0.2) is 4.39 Å². The van der Waals surface area contributed by atoms with Crippen molar-refractivity contribution in [2.75, 3.05) is 6.54 Å². The van der Waals surface area contributed by atoms with Gasteiger partial charge in [-0.1, -0.05) is 58.6 Å². The molecule has 0 aromatic heterocycles. The summed E-state index contributed by atoms with van der Waals surface area (Å²) < 4.78 is 13.4. The Morgan fingerprint density at radius 1 is 1.21 bits per heavy atom. The van der Waals surface area contributed by atoms with E-state index in [1.807, 2.05) is 12.1 Å². The number of halogens is 1. The molecule has 0 bridgehead atoms. The van der Waals surface area contributed by atoms with E-state index < -0.39 is 0 Å². The molecular formula is C17H28FN. The van der Waals surface area contributed by atoms with Crippen molar-refractivity contribution in [3.05, 3.63) is 35.6 Å². The van der Waals surface area contributed by atoms with E-state index in [1.54, 1.807) is 6.07 Å². The molecule has 0 saturated heterocycles. The topological polar surface area (TPSA) is 12.0 Å². The molecule has 0 saturated carbocycles. The number of rotatable bonds is 9. The molecule has 108 valence electrons. The van der Waals surface area contributed by atoms with E-state index in [0.717, 1.165) is 24.4 Å². The predicted octanol–water partition coefficient (Wildman–Crippen LogP) is 5.08. The largest absolute Gasteiger partial charge is 0.310 e. The first kappa shape index (κ1) is 16.2. The van der Waals surface area contributed by atoms with Crippen molar-refractivity contribution < 1.29 is 4.39 Å². The molecule has 0 aliphatic carbocycles. The van der Waals surface area contributed by atoms with Crippen LogP contribution in [0.25, 0.3) is 0 Å². The van der Waals surface area contributed by atoms with E-state index in [9.17, 15) is 4.39 Å². The lowest BCUT2D eigenvalue weighted by Crippen LogP contribution is -2.23. The Kier molecular flexibility index (Phi) is 7.73. The number of benzene rings is 1. The normalized spacial score (nSPS) is 14.3. The second kappa shape index (κ2) is 9.08. The van der Waals surface area contributed by atoms with Gasteiger partial charge in [-0.15, -0.1) is 0 Å². The summed E-state index contributed by atoms with van der Waals surface area (Å²) in [6, 6.07) is 7.30. The minimum atomic E-state index is -0.137. The van der Waals surface area contributed by atoms with Crippen molar-refractivity contribution in [1.29, 1.82) is 0 Å². The zero-order chi connectivity index (χ0) is 14.1. The van der Waals surface area contributed by atoms with E-state index in [0.29, 0.717) is 0 Å². The lowest BCUT2D eigenvalue weighted by Gasteiger charge is -2.24. The van der Waals surface area contributed by atoms with Crippen LogP contribution in [0.1, 0.15) is 64.5 Å². The maximum Gasteiger partial charge on any atom is 0.123 e. The number of hydrogen-bond acceptors (Lipinski definition) is 1. The van der Waals surface area contributed by atoms with Gasteiger partial charge in [-0.05, 0) is 36.6 Å². The Morgan fingerprint density at radius 2 is 2.00 bits per heavy atom. The van der Waals surface area contributed by atoms with E-state index in [2.05, 4.69) is 26.1 Å². The van der Waals surface area contributed by atoms with Gasteiger partial charge in [-0.3, -0.25) is 0 Å². The Bertz CT molecular complexity index is 351. The van der Waals surface area contributed by atoms with E-state index >= 15 is 0 Å². The quantitative estimate of drug-likeness (QED) is 0.656. The zero-order valence-corrected chi connectivity index (χ0v) is 12.6. The molecule has 1 aromatic carbocycles. The average Bonchev–Trinajstić information content (AvgIpc) is 2.42. The van der Waals surface area contributed by atoms with Gasteiger partial charge < -0.3 is 5.32 Å². The summed E-state index contributed by atoms with van der Waals surface area (Å²) in [6.45, 7) is 7.53. The summed E-state index contributed by atoms with van der Waals surface area (Å²) >= 11 is 0. The standard InChI is InChI=1S/C17H28FN/c1-4-7-9-14(5-2)12-17(19-6-3)15-10-8-11-16(18)13-15/h8,10-11,13-14,17,19H,4-7,9,12H2,1-3H3. The van der Waals surface area contributed by atoms with Crippen LogP contribution in [-0.4, -0.2) is 6.54 Å². The Hall–Kier alpha value is -0.890. The van der Waals surface area contributed by atoms with Gasteiger partial charge >= 0.3 is 0 Å². The third-order valence-corrected chi connectivity index (χ3v) is 3.81. The molecule has 0 spiro atoms. The summed E-state index contributed by atoms with van der Waals surface area (Å²) in [5.41, 5.74) is 1.08. The minimum Gasteiger partial charge on any atom is -0.310 e. The van der Waals surface area contributed by atoms with E-state index in [4.69, 9.17) is 0 Å². The summed E-state index contributed by atoms with van der Waals surface area (Å²) in [5.74, 6) is 0.592. The number of unbranched alkanes of at least 4 members (excludes halogenated alkanes) is 1. The Morgan fingerprint density at radius 3 is 2.58 bits per heavy atom. The predicted molar refractivity (Wildman–Crippen MR) is 80.7 cm³/mol. The monoisotopic (exact) mass is 265 g/mol. The second-order valence-electron chi connectivity index (χ2n) is 5.32. The molecule has 2 heteroatoms. The van der Waals surface area contributed by atoms with Crippen molar-refractivity contribution in [2.24, 2.45) is 5.92 Å². The van der Waals surface area contributed by atoms with Crippen molar-refractivity contribution in [1.82, 2.24) is 5.32 Å². The summed E-state index contributed by atoms with van der Waals surface area (Å²) in [4.78, 5) is 0. The fraction of sp³-hybridized carbons (Fsp3) is 0.647. The van der Waals surface area contributed by atoms with E-state index in [-0.39, 0.29) is 11.9 Å². The lowest BCUT2D eigenvalue weighted by atomic mass is 9.89. The third kappa shape index (κ3) is 5.73. The molecule has 0 aliphatic rings. The van der Waals surface area contributed by atoms with Crippen molar-refractivity contribution in [2.45, 2.75) is 58.9 Å². The Labute approximate surface area is 117 Å². The van der Waals surface area contributed by atoms with Crippen LogP contribution in [0.3, 0.4) is 0 Å². The highest BCUT2D eigenvalue weighted by molar-refractivity contribution is 5.20. The van der Waals surface area contributed by atoms with Crippen LogP contribution in [0, 0.1) is 11.7 Å². The van der Waals surface area contributed by atoms with Gasteiger partial charge in [0.2, 0.25) is 0 Å². The molecule has 19 heavy (non-hydrogen) atoms. The smallest absolute Gasteiger partial charge is 0.123 e. The molecule has 0 fully saturated rings. The van der Waals surface area contributed by atoms with Crippen LogP contribution in [0.4, 0.5) is 4.39 Å². The molecule has 0 heterocycles. The van der Waals surface area contributed by atoms with Crippen LogP contribution in [0.5, 0.6) is 0 Å². The summed E-state index contributed by atoms with van der Waals surface area (Å²) in [6.07, 6.45) is 6.14. The van der Waals surface area contributed by atoms with Gasteiger partial charge in [0.15, 0.2) is 0 Å². The molecule has 1 rings (SSSR count). The van der Waals surface area contributed by atoms with Gasteiger partial charge in [0.1, 0.15) is 5.82 Å². The molecule has 0 radical (unpaired) electrons. The Balaban J connectivity index is 2.70. The molecule has 1 N–H and O–H groups in total. The summed E-state index contributed by atoms with van der Waals surface area (Å²) in [5, 5.41) is 3.50. The SMILES string of the molecule is CCCCC(CC)CC(NCC)c1cccc(F)c1. The molecule has 1 nitrogen and oxygen atoms in total. The lowest BCUT2D eigenvalue weighted by molar-refractivity contribution is 0.356. The third-order valence-electron chi connectivity index (χ3n) is 3.81. The number of hydrogen-bond donors (Lipinski definition) is 1. The maximum atomic E-state index is 13.4. The second-order valence-corrected chi connectivity index (χ2v) is 5.32. The highest BCUT2D eigenvalue weighted by atomic mass is 19.1. The molecule has 2 unspecified atom stereocenters. The number of nitrogens with one attached hydrogen (secondary N) is 1. The highest BCUT2D eigenvalue weighted by Gasteiger charge is 2.16. The fourth-order valence-electron chi connectivity index (χ4n) is 2.62. The van der Waals surface area contributed by atoms with Gasteiger partial charge in [0, 0.05) is 6.04 Å². The van der Waals surface area contributed by atoms with Crippen LogP contribution < -0.4 is 5.32 Å². The van der Waals surface area contributed by atoms with Gasteiger partial charge in [0.25, 0.3) is 0 Å². The molecular weight excluding hydrogens is 237 g/mol. The van der Waals surface area contributed by atoms with Crippen molar-refractivity contribution >= 4 is 0 Å². The first-order chi connectivity index (χ1) is 9.21. The fourth-order valence-corrected chi connectivity index (χ4v) is 2.62. The van der Waals surface area contributed by atoms with Gasteiger partial charge in [0.05, 0.1) is 0 Å². The zero-order valence-electron chi connectivity index (χ0n) is 12.6. The maximum absolute atomic E-state index is 13.4. The van der Waals surface area contributed by atoms with Crippen molar-refractivity contribution in [3.8, 4) is 0 Å². The first-order valence-corrected chi connectivity index (χ1v) is 7.70. The van der Waals surface area contributed by atoms with Gasteiger partial charge in [-0.2, -0.15) is 0 Å². The molecule has 0 amide bonds. The minimum absolute atomic E-state index is 0.137. The average molecular weight is 265 g/mol.